The minimum atomic E-state index is -0.717. The summed E-state index contributed by atoms with van der Waals surface area (Å²) in [6.45, 7) is 0. The number of carbonyl (C=O) groups excluding carboxylic acids is 1. The molecule has 2 rings (SSSR count). The Balaban J connectivity index is 2.48. The molecule has 104 valence electrons. The summed E-state index contributed by atoms with van der Waals surface area (Å²) in [6.07, 6.45) is 3.32. The number of thioether (sulfide) groups is 1. The van der Waals surface area contributed by atoms with Crippen LogP contribution in [0.25, 0.3) is 0 Å². The van der Waals surface area contributed by atoms with Crippen LogP contribution in [-0.2, 0) is 0 Å². The third-order valence-corrected chi connectivity index (χ3v) is 3.29. The predicted octanol–water partition coefficient (Wildman–Crippen LogP) is 2.74. The summed E-state index contributed by atoms with van der Waals surface area (Å²) in [7, 11) is 0. The summed E-state index contributed by atoms with van der Waals surface area (Å²) in [6, 6.07) is 3.26. The zero-order valence-electron chi connectivity index (χ0n) is 10.2. The number of amides is 1. The third-order valence-electron chi connectivity index (χ3n) is 2.26. The second-order valence-electron chi connectivity index (χ2n) is 3.58. The molecule has 0 spiro atoms. The summed E-state index contributed by atoms with van der Waals surface area (Å²) in [5.74, 6) is -0.491. The van der Waals surface area contributed by atoms with Crippen LogP contribution in [0.3, 0.4) is 0 Å². The van der Waals surface area contributed by atoms with Crippen LogP contribution in [0, 0.1) is 0 Å². The van der Waals surface area contributed by atoms with Gasteiger partial charge in [-0.3, -0.25) is 4.79 Å². The molecule has 0 unspecified atom stereocenters. The maximum atomic E-state index is 11.5. The van der Waals surface area contributed by atoms with Gasteiger partial charge in [0.15, 0.2) is 5.16 Å². The van der Waals surface area contributed by atoms with E-state index >= 15 is 0 Å². The smallest absolute Gasteiger partial charge is 0.255 e. The molecule has 1 amide bonds. The van der Waals surface area contributed by atoms with Gasteiger partial charge >= 0.3 is 0 Å². The van der Waals surface area contributed by atoms with Gasteiger partial charge in [0.25, 0.3) is 5.91 Å². The van der Waals surface area contributed by atoms with Gasteiger partial charge in [-0.05, 0) is 18.4 Å². The van der Waals surface area contributed by atoms with Crippen molar-refractivity contribution in [2.75, 3.05) is 11.6 Å². The van der Waals surface area contributed by atoms with E-state index in [1.807, 2.05) is 0 Å². The Hall–Kier alpha value is -1.57. The fourth-order valence-corrected chi connectivity index (χ4v) is 2.28. The highest BCUT2D eigenvalue weighted by Crippen LogP contribution is 2.27. The Kier molecular flexibility index (Phi) is 4.64. The van der Waals surface area contributed by atoms with E-state index in [9.17, 15) is 4.79 Å². The summed E-state index contributed by atoms with van der Waals surface area (Å²) in [4.78, 5) is 23.5. The first-order valence-electron chi connectivity index (χ1n) is 5.31. The number of nitrogens with zero attached hydrogens (tertiary/aromatic N) is 3. The summed E-state index contributed by atoms with van der Waals surface area (Å²) < 4.78 is 0. The van der Waals surface area contributed by atoms with E-state index in [0.29, 0.717) is 16.0 Å². The molecule has 6 nitrogen and oxygen atoms in total. The maximum absolute atomic E-state index is 11.5. The van der Waals surface area contributed by atoms with E-state index in [1.54, 1.807) is 18.4 Å². The number of anilines is 2. The van der Waals surface area contributed by atoms with Crippen LogP contribution in [0.4, 0.5) is 11.5 Å². The van der Waals surface area contributed by atoms with Gasteiger partial charge < -0.3 is 11.1 Å². The summed E-state index contributed by atoms with van der Waals surface area (Å²) in [5, 5.41) is 3.66. The molecule has 0 aromatic carbocycles. The number of primary amides is 1. The number of halogens is 2. The third kappa shape index (κ3) is 3.30. The standard InChI is InChI=1S/C11H9Cl2N5OS/c1-20-11-17-8(13)7(9(14)19)10(18-11)16-5-2-3-15-6(12)4-5/h2-4H,1H3,(H2,14,19)(H,15,16,17,18). The molecule has 9 heteroatoms. The van der Waals surface area contributed by atoms with Crippen LogP contribution in [0.5, 0.6) is 0 Å². The lowest BCUT2D eigenvalue weighted by Gasteiger charge is -2.11. The predicted molar refractivity (Wildman–Crippen MR) is 79.9 cm³/mol. The lowest BCUT2D eigenvalue weighted by Crippen LogP contribution is -2.16. The van der Waals surface area contributed by atoms with E-state index in [-0.39, 0.29) is 16.5 Å². The van der Waals surface area contributed by atoms with Gasteiger partial charge in [-0.1, -0.05) is 35.0 Å². The van der Waals surface area contributed by atoms with Crippen LogP contribution < -0.4 is 11.1 Å². The minimum Gasteiger partial charge on any atom is -0.365 e. The zero-order chi connectivity index (χ0) is 14.7. The molecule has 0 saturated heterocycles. The van der Waals surface area contributed by atoms with Crippen molar-refractivity contribution in [3.8, 4) is 0 Å². The summed E-state index contributed by atoms with van der Waals surface area (Å²) >= 11 is 13.1. The number of nitrogens with two attached hydrogens (primary N) is 1. The van der Waals surface area contributed by atoms with Crippen molar-refractivity contribution < 1.29 is 4.79 Å². The number of rotatable bonds is 4. The largest absolute Gasteiger partial charge is 0.365 e. The first-order valence-corrected chi connectivity index (χ1v) is 7.29. The van der Waals surface area contributed by atoms with Crippen LogP contribution in [0.15, 0.2) is 23.5 Å². The number of aromatic nitrogens is 3. The average molecular weight is 330 g/mol. The van der Waals surface area contributed by atoms with Crippen molar-refractivity contribution in [1.29, 1.82) is 0 Å². The van der Waals surface area contributed by atoms with E-state index in [0.717, 1.165) is 0 Å². The van der Waals surface area contributed by atoms with Gasteiger partial charge in [0.1, 0.15) is 21.7 Å². The molecule has 2 heterocycles. The van der Waals surface area contributed by atoms with Gasteiger partial charge in [-0.2, -0.15) is 0 Å². The lowest BCUT2D eigenvalue weighted by atomic mass is 10.3. The highest BCUT2D eigenvalue weighted by molar-refractivity contribution is 7.98. The van der Waals surface area contributed by atoms with Crippen molar-refractivity contribution in [3.63, 3.8) is 0 Å². The molecule has 3 N–H and O–H groups in total. The highest BCUT2D eigenvalue weighted by Gasteiger charge is 2.18. The second-order valence-corrected chi connectivity index (χ2v) is 5.10. The molecule has 0 radical (unpaired) electrons. The lowest BCUT2D eigenvalue weighted by molar-refractivity contribution is 0.100. The van der Waals surface area contributed by atoms with Crippen molar-refractivity contribution in [2.45, 2.75) is 5.16 Å². The van der Waals surface area contributed by atoms with Gasteiger partial charge in [-0.25, -0.2) is 15.0 Å². The van der Waals surface area contributed by atoms with Crippen LogP contribution in [-0.4, -0.2) is 27.1 Å². The Labute approximate surface area is 129 Å². The van der Waals surface area contributed by atoms with E-state index in [2.05, 4.69) is 20.3 Å². The molecule has 20 heavy (non-hydrogen) atoms. The van der Waals surface area contributed by atoms with Gasteiger partial charge in [0.05, 0.1) is 0 Å². The van der Waals surface area contributed by atoms with E-state index in [1.165, 1.54) is 18.0 Å². The fraction of sp³-hybridized carbons (Fsp3) is 0.0909. The highest BCUT2D eigenvalue weighted by atomic mass is 35.5. The van der Waals surface area contributed by atoms with Crippen molar-refractivity contribution in [1.82, 2.24) is 15.0 Å². The molecule has 0 atom stereocenters. The SMILES string of the molecule is CSc1nc(Cl)c(C(N)=O)c(Nc2ccnc(Cl)c2)n1. The van der Waals surface area contributed by atoms with Crippen LogP contribution in [0.1, 0.15) is 10.4 Å². The zero-order valence-corrected chi connectivity index (χ0v) is 12.6. The number of nitrogens with one attached hydrogen (secondary N) is 1. The molecular weight excluding hydrogens is 321 g/mol. The van der Waals surface area contributed by atoms with Crippen molar-refractivity contribution in [3.05, 3.63) is 34.2 Å². The quantitative estimate of drug-likeness (QED) is 0.387. The molecule has 0 aliphatic rings. The molecule has 0 fully saturated rings. The maximum Gasteiger partial charge on any atom is 0.255 e. The van der Waals surface area contributed by atoms with Crippen molar-refractivity contribution in [2.24, 2.45) is 5.73 Å². The Morgan fingerprint density at radius 3 is 2.75 bits per heavy atom. The molecule has 2 aromatic rings. The normalized spacial score (nSPS) is 10.3. The van der Waals surface area contributed by atoms with E-state index in [4.69, 9.17) is 28.9 Å². The van der Waals surface area contributed by atoms with Crippen LogP contribution in [0.2, 0.25) is 10.3 Å². The monoisotopic (exact) mass is 329 g/mol. The van der Waals surface area contributed by atoms with Gasteiger partial charge in [0.2, 0.25) is 0 Å². The fourth-order valence-electron chi connectivity index (χ4n) is 1.43. The number of pyridine rings is 1. The second kappa shape index (κ2) is 6.25. The van der Waals surface area contributed by atoms with Gasteiger partial charge in [-0.15, -0.1) is 0 Å². The molecular formula is C11H9Cl2N5OS. The Bertz CT molecular complexity index is 667. The van der Waals surface area contributed by atoms with Crippen molar-refractivity contribution >= 4 is 52.4 Å². The molecule has 0 aliphatic carbocycles. The molecule has 0 bridgehead atoms. The molecule has 0 aliphatic heterocycles. The number of hydrogen-bond acceptors (Lipinski definition) is 6. The molecule has 0 saturated carbocycles. The number of hydrogen-bond donors (Lipinski definition) is 2. The van der Waals surface area contributed by atoms with E-state index < -0.39 is 5.91 Å². The minimum absolute atomic E-state index is 0.000460. The first-order chi connectivity index (χ1) is 9.51. The Morgan fingerprint density at radius 1 is 1.40 bits per heavy atom. The number of carbonyl (C=O) groups is 1. The Morgan fingerprint density at radius 2 is 2.15 bits per heavy atom. The first kappa shape index (κ1) is 14.8. The molecule has 2 aromatic heterocycles. The van der Waals surface area contributed by atoms with Gasteiger partial charge in [0, 0.05) is 11.9 Å². The van der Waals surface area contributed by atoms with Crippen LogP contribution >= 0.6 is 35.0 Å². The average Bonchev–Trinajstić information content (AvgIpc) is 2.37. The topological polar surface area (TPSA) is 93.8 Å². The summed E-state index contributed by atoms with van der Waals surface area (Å²) in [5.41, 5.74) is 5.93.